The summed E-state index contributed by atoms with van der Waals surface area (Å²) in [5.41, 5.74) is 2.25. The summed E-state index contributed by atoms with van der Waals surface area (Å²) in [5.74, 6) is 0.337. The van der Waals surface area contributed by atoms with Gasteiger partial charge in [0.1, 0.15) is 5.75 Å². The number of amides is 1. The van der Waals surface area contributed by atoms with Gasteiger partial charge in [0.15, 0.2) is 6.61 Å². The number of nitrogens with one attached hydrogen (secondary N) is 1. The molecule has 0 aliphatic rings. The molecule has 0 bridgehead atoms. The van der Waals surface area contributed by atoms with Crippen LogP contribution in [0.3, 0.4) is 0 Å². The Morgan fingerprint density at radius 1 is 1.19 bits per heavy atom. The highest BCUT2D eigenvalue weighted by atomic mass is 35.5. The summed E-state index contributed by atoms with van der Waals surface area (Å²) in [4.78, 5) is 11.9. The molecule has 1 unspecified atom stereocenters. The first kappa shape index (κ1) is 15.4. The SMILES string of the molecule is Cc1ccccc1C(C)NC(=O)COc1ccccc1Cl. The molecule has 1 atom stereocenters. The van der Waals surface area contributed by atoms with Crippen LogP contribution in [-0.4, -0.2) is 12.5 Å². The lowest BCUT2D eigenvalue weighted by molar-refractivity contribution is -0.123. The van der Waals surface area contributed by atoms with Crippen molar-refractivity contribution in [3.8, 4) is 5.75 Å². The maximum atomic E-state index is 11.9. The van der Waals surface area contributed by atoms with Crippen LogP contribution in [0.2, 0.25) is 5.02 Å². The molecule has 0 aliphatic heterocycles. The first-order valence-electron chi connectivity index (χ1n) is 6.80. The molecule has 2 aromatic carbocycles. The molecule has 4 heteroatoms. The van der Waals surface area contributed by atoms with E-state index in [9.17, 15) is 4.79 Å². The third-order valence-corrected chi connectivity index (χ3v) is 3.54. The van der Waals surface area contributed by atoms with Crippen molar-refractivity contribution in [3.63, 3.8) is 0 Å². The van der Waals surface area contributed by atoms with Gasteiger partial charge >= 0.3 is 0 Å². The minimum Gasteiger partial charge on any atom is -0.482 e. The molecule has 110 valence electrons. The topological polar surface area (TPSA) is 38.3 Å². The van der Waals surface area contributed by atoms with Crippen LogP contribution >= 0.6 is 11.6 Å². The van der Waals surface area contributed by atoms with E-state index in [2.05, 4.69) is 5.32 Å². The third kappa shape index (κ3) is 4.23. The van der Waals surface area contributed by atoms with E-state index in [1.54, 1.807) is 12.1 Å². The molecule has 3 nitrogen and oxygen atoms in total. The summed E-state index contributed by atoms with van der Waals surface area (Å²) >= 11 is 5.97. The van der Waals surface area contributed by atoms with Crippen molar-refractivity contribution in [2.75, 3.05) is 6.61 Å². The number of hydrogen-bond donors (Lipinski definition) is 1. The van der Waals surface area contributed by atoms with Gasteiger partial charge in [0.2, 0.25) is 0 Å². The number of carbonyl (C=O) groups is 1. The highest BCUT2D eigenvalue weighted by Gasteiger charge is 2.12. The van der Waals surface area contributed by atoms with Crippen LogP contribution in [0.15, 0.2) is 48.5 Å². The number of hydrogen-bond acceptors (Lipinski definition) is 2. The molecule has 0 spiro atoms. The Bertz CT molecular complexity index is 628. The number of para-hydroxylation sites is 1. The largest absolute Gasteiger partial charge is 0.482 e. The number of benzene rings is 2. The molecule has 2 aromatic rings. The second-order valence-corrected chi connectivity index (χ2v) is 5.27. The normalized spacial score (nSPS) is 11.8. The van der Waals surface area contributed by atoms with Gasteiger partial charge in [0.25, 0.3) is 5.91 Å². The molecule has 0 saturated carbocycles. The van der Waals surface area contributed by atoms with E-state index in [1.807, 2.05) is 50.2 Å². The second-order valence-electron chi connectivity index (χ2n) is 4.86. The average molecular weight is 304 g/mol. The maximum absolute atomic E-state index is 11.9. The zero-order chi connectivity index (χ0) is 15.2. The fourth-order valence-corrected chi connectivity index (χ4v) is 2.33. The van der Waals surface area contributed by atoms with E-state index >= 15 is 0 Å². The van der Waals surface area contributed by atoms with Crippen LogP contribution in [0.1, 0.15) is 24.1 Å². The first-order chi connectivity index (χ1) is 10.1. The summed E-state index contributed by atoms with van der Waals surface area (Å²) in [6.07, 6.45) is 0. The minimum absolute atomic E-state index is 0.0556. The van der Waals surface area contributed by atoms with E-state index in [0.717, 1.165) is 11.1 Å². The summed E-state index contributed by atoms with van der Waals surface area (Å²) in [6.45, 7) is 3.92. The summed E-state index contributed by atoms with van der Waals surface area (Å²) in [6, 6.07) is 15.0. The number of ether oxygens (including phenoxy) is 1. The lowest BCUT2D eigenvalue weighted by Gasteiger charge is -2.17. The van der Waals surface area contributed by atoms with Gasteiger partial charge in [-0.1, -0.05) is 48.0 Å². The maximum Gasteiger partial charge on any atom is 0.258 e. The molecular formula is C17H18ClNO2. The molecule has 1 N–H and O–H groups in total. The molecule has 0 heterocycles. The number of rotatable bonds is 5. The number of aryl methyl sites for hydroxylation is 1. The van der Waals surface area contributed by atoms with Gasteiger partial charge in [0.05, 0.1) is 11.1 Å². The Balaban J connectivity index is 1.90. The van der Waals surface area contributed by atoms with Crippen molar-refractivity contribution in [2.24, 2.45) is 0 Å². The van der Waals surface area contributed by atoms with Crippen LogP contribution in [-0.2, 0) is 4.79 Å². The first-order valence-corrected chi connectivity index (χ1v) is 7.18. The molecule has 0 fully saturated rings. The minimum atomic E-state index is -0.175. The Labute approximate surface area is 129 Å². The van der Waals surface area contributed by atoms with Crippen LogP contribution in [0, 0.1) is 6.92 Å². The van der Waals surface area contributed by atoms with E-state index in [0.29, 0.717) is 10.8 Å². The predicted molar refractivity (Wildman–Crippen MR) is 84.7 cm³/mol. The van der Waals surface area contributed by atoms with Crippen molar-refractivity contribution in [1.82, 2.24) is 5.32 Å². The summed E-state index contributed by atoms with van der Waals surface area (Å²) < 4.78 is 5.42. The van der Waals surface area contributed by atoms with Gasteiger partial charge in [-0.05, 0) is 37.1 Å². The molecule has 0 radical (unpaired) electrons. The molecule has 21 heavy (non-hydrogen) atoms. The van der Waals surface area contributed by atoms with E-state index in [-0.39, 0.29) is 18.6 Å². The van der Waals surface area contributed by atoms with Gasteiger partial charge in [-0.3, -0.25) is 4.79 Å². The van der Waals surface area contributed by atoms with Crippen LogP contribution in [0.5, 0.6) is 5.75 Å². The third-order valence-electron chi connectivity index (χ3n) is 3.23. The lowest BCUT2D eigenvalue weighted by atomic mass is 10.0. The summed E-state index contributed by atoms with van der Waals surface area (Å²) in [7, 11) is 0. The molecule has 0 aliphatic carbocycles. The highest BCUT2D eigenvalue weighted by Crippen LogP contribution is 2.23. The van der Waals surface area contributed by atoms with Crippen molar-refractivity contribution in [3.05, 3.63) is 64.7 Å². The fraction of sp³-hybridized carbons (Fsp3) is 0.235. The predicted octanol–water partition coefficient (Wildman–Crippen LogP) is 3.90. The summed E-state index contributed by atoms with van der Waals surface area (Å²) in [5, 5.41) is 3.42. The smallest absolute Gasteiger partial charge is 0.258 e. The van der Waals surface area contributed by atoms with Crippen molar-refractivity contribution >= 4 is 17.5 Å². The van der Waals surface area contributed by atoms with Crippen LogP contribution in [0.4, 0.5) is 0 Å². The Hall–Kier alpha value is -2.00. The van der Waals surface area contributed by atoms with Crippen molar-refractivity contribution in [1.29, 1.82) is 0 Å². The second kappa shape index (κ2) is 7.14. The van der Waals surface area contributed by atoms with Gasteiger partial charge < -0.3 is 10.1 Å². The molecule has 2 rings (SSSR count). The highest BCUT2D eigenvalue weighted by molar-refractivity contribution is 6.32. The van der Waals surface area contributed by atoms with Crippen molar-refractivity contribution < 1.29 is 9.53 Å². The van der Waals surface area contributed by atoms with Crippen LogP contribution < -0.4 is 10.1 Å². The van der Waals surface area contributed by atoms with Gasteiger partial charge in [0, 0.05) is 0 Å². The molecular weight excluding hydrogens is 286 g/mol. The van der Waals surface area contributed by atoms with E-state index in [4.69, 9.17) is 16.3 Å². The molecule has 0 aromatic heterocycles. The van der Waals surface area contributed by atoms with Gasteiger partial charge in [-0.2, -0.15) is 0 Å². The van der Waals surface area contributed by atoms with Gasteiger partial charge in [-0.15, -0.1) is 0 Å². The van der Waals surface area contributed by atoms with Crippen LogP contribution in [0.25, 0.3) is 0 Å². The lowest BCUT2D eigenvalue weighted by Crippen LogP contribution is -2.31. The Morgan fingerprint density at radius 3 is 2.57 bits per heavy atom. The average Bonchev–Trinajstić information content (AvgIpc) is 2.46. The quantitative estimate of drug-likeness (QED) is 0.909. The van der Waals surface area contributed by atoms with E-state index < -0.39 is 0 Å². The fourth-order valence-electron chi connectivity index (χ4n) is 2.14. The Morgan fingerprint density at radius 2 is 1.86 bits per heavy atom. The van der Waals surface area contributed by atoms with Gasteiger partial charge in [-0.25, -0.2) is 0 Å². The standard InChI is InChI=1S/C17H18ClNO2/c1-12-7-3-4-8-14(12)13(2)19-17(20)11-21-16-10-6-5-9-15(16)18/h3-10,13H,11H2,1-2H3,(H,19,20). The Kier molecular flexibility index (Phi) is 5.23. The molecule has 1 amide bonds. The zero-order valence-corrected chi connectivity index (χ0v) is 12.9. The van der Waals surface area contributed by atoms with E-state index in [1.165, 1.54) is 0 Å². The monoisotopic (exact) mass is 303 g/mol. The van der Waals surface area contributed by atoms with Crippen molar-refractivity contribution in [2.45, 2.75) is 19.9 Å². The molecule has 0 saturated heterocycles. The number of carbonyl (C=O) groups excluding carboxylic acids is 1. The zero-order valence-electron chi connectivity index (χ0n) is 12.1. The number of halogens is 1.